The summed E-state index contributed by atoms with van der Waals surface area (Å²) in [6.07, 6.45) is 6.74. The third-order valence-corrected chi connectivity index (χ3v) is 3.22. The van der Waals surface area contributed by atoms with E-state index in [0.717, 1.165) is 38.9 Å². The number of aromatic nitrogens is 1. The fourth-order valence-electron chi connectivity index (χ4n) is 2.35. The molecule has 1 aliphatic rings. The molecule has 1 fully saturated rings. The third-order valence-electron chi connectivity index (χ3n) is 3.22. The van der Waals surface area contributed by atoms with Crippen molar-refractivity contribution in [1.82, 2.24) is 9.88 Å². The maximum absolute atomic E-state index is 9.99. The molecule has 0 spiro atoms. The second-order valence-corrected chi connectivity index (χ2v) is 4.98. The van der Waals surface area contributed by atoms with Crippen LogP contribution in [0.4, 0.5) is 0 Å². The summed E-state index contributed by atoms with van der Waals surface area (Å²) >= 11 is 0. The SMILES string of the molecule is CC1(O)CCCN(CCc2ccncc2)C1. The van der Waals surface area contributed by atoms with Crippen molar-refractivity contribution >= 4 is 0 Å². The summed E-state index contributed by atoms with van der Waals surface area (Å²) < 4.78 is 0. The first-order valence-corrected chi connectivity index (χ1v) is 5.99. The van der Waals surface area contributed by atoms with Crippen molar-refractivity contribution in [3.05, 3.63) is 30.1 Å². The Morgan fingerprint density at radius 3 is 2.88 bits per heavy atom. The van der Waals surface area contributed by atoms with Crippen LogP contribution in [0.25, 0.3) is 0 Å². The van der Waals surface area contributed by atoms with Crippen molar-refractivity contribution in [1.29, 1.82) is 0 Å². The zero-order valence-electron chi connectivity index (χ0n) is 9.89. The molecule has 1 aromatic heterocycles. The molecule has 1 saturated heterocycles. The van der Waals surface area contributed by atoms with E-state index in [2.05, 4.69) is 22.0 Å². The molecular weight excluding hydrogens is 200 g/mol. The molecule has 88 valence electrons. The average molecular weight is 220 g/mol. The standard InChI is InChI=1S/C13H20N2O/c1-13(16)6-2-9-15(11-13)10-5-12-3-7-14-8-4-12/h3-4,7-8,16H,2,5-6,9-11H2,1H3. The van der Waals surface area contributed by atoms with Crippen LogP contribution in [-0.2, 0) is 6.42 Å². The summed E-state index contributed by atoms with van der Waals surface area (Å²) in [5.41, 5.74) is 0.830. The van der Waals surface area contributed by atoms with Gasteiger partial charge in [-0.15, -0.1) is 0 Å². The van der Waals surface area contributed by atoms with E-state index in [1.165, 1.54) is 5.56 Å². The Hall–Kier alpha value is -0.930. The minimum absolute atomic E-state index is 0.490. The number of pyridine rings is 1. The van der Waals surface area contributed by atoms with Crippen LogP contribution in [0.3, 0.4) is 0 Å². The molecule has 0 radical (unpaired) electrons. The average Bonchev–Trinajstić information content (AvgIpc) is 2.27. The number of hydrogen-bond donors (Lipinski definition) is 1. The van der Waals surface area contributed by atoms with E-state index >= 15 is 0 Å². The number of hydrogen-bond acceptors (Lipinski definition) is 3. The van der Waals surface area contributed by atoms with Gasteiger partial charge >= 0.3 is 0 Å². The van der Waals surface area contributed by atoms with Gasteiger partial charge in [0.2, 0.25) is 0 Å². The summed E-state index contributed by atoms with van der Waals surface area (Å²) in [5.74, 6) is 0. The Balaban J connectivity index is 1.82. The number of nitrogens with zero attached hydrogens (tertiary/aromatic N) is 2. The quantitative estimate of drug-likeness (QED) is 0.838. The molecular formula is C13H20N2O. The Labute approximate surface area is 97.1 Å². The lowest BCUT2D eigenvalue weighted by atomic mass is 9.95. The van der Waals surface area contributed by atoms with Crippen LogP contribution >= 0.6 is 0 Å². The molecule has 1 aromatic rings. The molecule has 3 heteroatoms. The summed E-state index contributed by atoms with van der Waals surface area (Å²) in [7, 11) is 0. The predicted molar refractivity (Wildman–Crippen MR) is 64.2 cm³/mol. The van der Waals surface area contributed by atoms with E-state index in [0.29, 0.717) is 0 Å². The molecule has 1 aliphatic heterocycles. The van der Waals surface area contributed by atoms with E-state index in [9.17, 15) is 5.11 Å². The highest BCUT2D eigenvalue weighted by molar-refractivity contribution is 5.10. The van der Waals surface area contributed by atoms with Crippen molar-refractivity contribution in [2.45, 2.75) is 31.8 Å². The Kier molecular flexibility index (Phi) is 3.56. The zero-order valence-corrected chi connectivity index (χ0v) is 9.89. The fourth-order valence-corrected chi connectivity index (χ4v) is 2.35. The van der Waals surface area contributed by atoms with Crippen LogP contribution in [0.5, 0.6) is 0 Å². The van der Waals surface area contributed by atoms with Crippen LogP contribution in [-0.4, -0.2) is 40.2 Å². The Morgan fingerprint density at radius 1 is 1.44 bits per heavy atom. The second-order valence-electron chi connectivity index (χ2n) is 4.98. The maximum atomic E-state index is 9.99. The minimum Gasteiger partial charge on any atom is -0.389 e. The van der Waals surface area contributed by atoms with Crippen LogP contribution in [0, 0.1) is 0 Å². The number of aliphatic hydroxyl groups is 1. The first kappa shape index (κ1) is 11.6. The van der Waals surface area contributed by atoms with Crippen molar-refractivity contribution in [3.63, 3.8) is 0 Å². The van der Waals surface area contributed by atoms with Crippen LogP contribution in [0.1, 0.15) is 25.3 Å². The van der Waals surface area contributed by atoms with Gasteiger partial charge in [0.1, 0.15) is 0 Å². The molecule has 0 bridgehead atoms. The number of rotatable bonds is 3. The normalized spacial score (nSPS) is 26.9. The Morgan fingerprint density at radius 2 is 2.19 bits per heavy atom. The zero-order chi connectivity index (χ0) is 11.4. The highest BCUT2D eigenvalue weighted by Crippen LogP contribution is 2.20. The number of likely N-dealkylation sites (tertiary alicyclic amines) is 1. The molecule has 0 aromatic carbocycles. The molecule has 0 aliphatic carbocycles. The second kappa shape index (κ2) is 4.93. The molecule has 16 heavy (non-hydrogen) atoms. The number of β-amino-alcohol motifs (C(OH)–C–C–N with tert-alkyl or cyclic N) is 1. The summed E-state index contributed by atoms with van der Waals surface area (Å²) in [5, 5.41) is 9.99. The molecule has 2 heterocycles. The summed E-state index contributed by atoms with van der Waals surface area (Å²) in [6, 6.07) is 4.12. The monoisotopic (exact) mass is 220 g/mol. The molecule has 1 unspecified atom stereocenters. The van der Waals surface area contributed by atoms with E-state index < -0.39 is 5.60 Å². The smallest absolute Gasteiger partial charge is 0.0746 e. The van der Waals surface area contributed by atoms with Gasteiger partial charge in [-0.2, -0.15) is 0 Å². The topological polar surface area (TPSA) is 36.4 Å². The molecule has 0 amide bonds. The van der Waals surface area contributed by atoms with E-state index in [1.54, 1.807) is 0 Å². The van der Waals surface area contributed by atoms with Gasteiger partial charge in [-0.3, -0.25) is 4.98 Å². The van der Waals surface area contributed by atoms with Crippen molar-refractivity contribution in [2.75, 3.05) is 19.6 Å². The highest BCUT2D eigenvalue weighted by atomic mass is 16.3. The molecule has 3 nitrogen and oxygen atoms in total. The van der Waals surface area contributed by atoms with E-state index in [1.807, 2.05) is 19.3 Å². The van der Waals surface area contributed by atoms with Crippen molar-refractivity contribution < 1.29 is 5.11 Å². The van der Waals surface area contributed by atoms with Crippen LogP contribution in [0.15, 0.2) is 24.5 Å². The van der Waals surface area contributed by atoms with Crippen LogP contribution in [0.2, 0.25) is 0 Å². The lowest BCUT2D eigenvalue weighted by Crippen LogP contribution is -2.46. The van der Waals surface area contributed by atoms with Crippen molar-refractivity contribution in [3.8, 4) is 0 Å². The fraction of sp³-hybridized carbons (Fsp3) is 0.615. The molecule has 2 rings (SSSR count). The van der Waals surface area contributed by atoms with E-state index in [4.69, 9.17) is 0 Å². The van der Waals surface area contributed by atoms with Gasteiger partial charge in [-0.25, -0.2) is 0 Å². The van der Waals surface area contributed by atoms with Gasteiger partial charge in [0.05, 0.1) is 5.60 Å². The molecule has 0 saturated carbocycles. The van der Waals surface area contributed by atoms with E-state index in [-0.39, 0.29) is 0 Å². The lowest BCUT2D eigenvalue weighted by molar-refractivity contribution is -0.0150. The van der Waals surface area contributed by atoms with Gasteiger partial charge in [-0.1, -0.05) is 0 Å². The largest absolute Gasteiger partial charge is 0.389 e. The first-order chi connectivity index (χ1) is 7.66. The highest BCUT2D eigenvalue weighted by Gasteiger charge is 2.27. The minimum atomic E-state index is -0.490. The maximum Gasteiger partial charge on any atom is 0.0746 e. The predicted octanol–water partition coefficient (Wildman–Crippen LogP) is 1.47. The van der Waals surface area contributed by atoms with Gasteiger partial charge in [-0.05, 0) is 50.4 Å². The summed E-state index contributed by atoms with van der Waals surface area (Å²) in [6.45, 7) is 4.88. The van der Waals surface area contributed by atoms with Crippen LogP contribution < -0.4 is 0 Å². The van der Waals surface area contributed by atoms with Crippen molar-refractivity contribution in [2.24, 2.45) is 0 Å². The summed E-state index contributed by atoms with van der Waals surface area (Å²) in [4.78, 5) is 6.36. The van der Waals surface area contributed by atoms with Gasteiger partial charge in [0.15, 0.2) is 0 Å². The lowest BCUT2D eigenvalue weighted by Gasteiger charge is -2.36. The number of piperidine rings is 1. The van der Waals surface area contributed by atoms with Gasteiger partial charge in [0, 0.05) is 25.5 Å². The molecule has 1 N–H and O–H groups in total. The molecule has 1 atom stereocenters. The van der Waals surface area contributed by atoms with Gasteiger partial charge in [0.25, 0.3) is 0 Å². The Bertz CT molecular complexity index is 324. The first-order valence-electron chi connectivity index (χ1n) is 5.99. The third kappa shape index (κ3) is 3.29. The van der Waals surface area contributed by atoms with Gasteiger partial charge < -0.3 is 10.0 Å².